The van der Waals surface area contributed by atoms with Gasteiger partial charge < -0.3 is 4.84 Å². The zero-order chi connectivity index (χ0) is 10.4. The van der Waals surface area contributed by atoms with E-state index in [1.807, 2.05) is 0 Å². The molecular weight excluding hydrogens is 206 g/mol. The molecule has 0 fully saturated rings. The summed E-state index contributed by atoms with van der Waals surface area (Å²) in [6.07, 6.45) is 2.77. The van der Waals surface area contributed by atoms with E-state index in [0.29, 0.717) is 11.3 Å². The number of aromatic nitrogens is 1. The van der Waals surface area contributed by atoms with E-state index in [-0.39, 0.29) is 5.15 Å². The first-order valence-corrected chi connectivity index (χ1v) is 3.93. The molecule has 1 heterocycles. The zero-order valence-electron chi connectivity index (χ0n) is 7.25. The fourth-order valence-corrected chi connectivity index (χ4v) is 1.00. The number of oxime groups is 1. The minimum atomic E-state index is 0.204. The number of rotatable bonds is 3. The van der Waals surface area contributed by atoms with Crippen LogP contribution in [0.3, 0.4) is 0 Å². The Morgan fingerprint density at radius 2 is 2.50 bits per heavy atom. The van der Waals surface area contributed by atoms with Crippen molar-refractivity contribution in [1.82, 2.24) is 4.98 Å². The molecule has 0 saturated carbocycles. The van der Waals surface area contributed by atoms with Gasteiger partial charge in [0.15, 0.2) is 0 Å². The summed E-state index contributed by atoms with van der Waals surface area (Å²) in [5.74, 6) is 0. The van der Waals surface area contributed by atoms with Crippen LogP contribution in [0.15, 0.2) is 22.5 Å². The standard InChI is InChI=1S/C7H6ClN5O/c1-14-11-4-5-6(12-13-9)2-3-10-7(5)8/h2-4H,1H3/b11-4+. The van der Waals surface area contributed by atoms with Gasteiger partial charge in [-0.15, -0.1) is 0 Å². The predicted octanol–water partition coefficient (Wildman–Crippen LogP) is 2.66. The van der Waals surface area contributed by atoms with Crippen molar-refractivity contribution < 1.29 is 4.84 Å². The van der Waals surface area contributed by atoms with E-state index in [9.17, 15) is 0 Å². The molecule has 0 aliphatic rings. The number of azide groups is 1. The van der Waals surface area contributed by atoms with Gasteiger partial charge in [-0.1, -0.05) is 21.9 Å². The smallest absolute Gasteiger partial charge is 0.138 e. The van der Waals surface area contributed by atoms with Crippen LogP contribution >= 0.6 is 11.6 Å². The third kappa shape index (κ3) is 2.35. The summed E-state index contributed by atoms with van der Waals surface area (Å²) in [4.78, 5) is 10.9. The lowest BCUT2D eigenvalue weighted by molar-refractivity contribution is 0.215. The summed E-state index contributed by atoms with van der Waals surface area (Å²) in [7, 11) is 1.40. The van der Waals surface area contributed by atoms with Crippen LogP contribution in [0, 0.1) is 0 Å². The SMILES string of the molecule is CO/N=C/c1c(N=[N+]=[N-])ccnc1Cl. The van der Waals surface area contributed by atoms with Crippen LogP contribution in [0.5, 0.6) is 0 Å². The highest BCUT2D eigenvalue weighted by Gasteiger charge is 2.03. The lowest BCUT2D eigenvalue weighted by atomic mass is 10.2. The van der Waals surface area contributed by atoms with Crippen molar-refractivity contribution in [3.8, 4) is 0 Å². The maximum atomic E-state index is 8.28. The summed E-state index contributed by atoms with van der Waals surface area (Å²) in [6, 6.07) is 1.53. The highest BCUT2D eigenvalue weighted by atomic mass is 35.5. The minimum Gasteiger partial charge on any atom is -0.399 e. The van der Waals surface area contributed by atoms with Gasteiger partial charge in [-0.05, 0) is 11.6 Å². The Balaban J connectivity index is 3.21. The first-order chi connectivity index (χ1) is 6.79. The van der Waals surface area contributed by atoms with E-state index in [2.05, 4.69) is 25.0 Å². The average molecular weight is 212 g/mol. The molecule has 0 amide bonds. The molecule has 1 rings (SSSR count). The van der Waals surface area contributed by atoms with Gasteiger partial charge in [0.25, 0.3) is 0 Å². The molecule has 7 heteroatoms. The zero-order valence-corrected chi connectivity index (χ0v) is 8.01. The highest BCUT2D eigenvalue weighted by Crippen LogP contribution is 2.22. The van der Waals surface area contributed by atoms with Crippen molar-refractivity contribution in [2.45, 2.75) is 0 Å². The molecule has 6 nitrogen and oxygen atoms in total. The Bertz CT molecular complexity index is 399. The van der Waals surface area contributed by atoms with Crippen molar-refractivity contribution in [2.24, 2.45) is 10.3 Å². The topological polar surface area (TPSA) is 83.2 Å². The Hall–Kier alpha value is -1.78. The summed E-state index contributed by atoms with van der Waals surface area (Å²) in [6.45, 7) is 0. The Kier molecular flexibility index (Phi) is 3.72. The second kappa shape index (κ2) is 5.06. The molecule has 1 aromatic rings. The van der Waals surface area contributed by atoms with Crippen molar-refractivity contribution in [3.63, 3.8) is 0 Å². The highest BCUT2D eigenvalue weighted by molar-refractivity contribution is 6.32. The molecule has 0 aliphatic carbocycles. The normalized spacial score (nSPS) is 9.86. The fraction of sp³-hybridized carbons (Fsp3) is 0.143. The minimum absolute atomic E-state index is 0.204. The molecule has 14 heavy (non-hydrogen) atoms. The largest absolute Gasteiger partial charge is 0.399 e. The van der Waals surface area contributed by atoms with E-state index in [1.165, 1.54) is 25.6 Å². The van der Waals surface area contributed by atoms with Crippen LogP contribution in [0.1, 0.15) is 5.56 Å². The number of hydrogen-bond acceptors (Lipinski definition) is 4. The van der Waals surface area contributed by atoms with E-state index in [1.54, 1.807) is 0 Å². The number of pyridine rings is 1. The van der Waals surface area contributed by atoms with Crippen LogP contribution in [0.25, 0.3) is 10.4 Å². The molecule has 0 saturated heterocycles. The first kappa shape index (κ1) is 10.3. The monoisotopic (exact) mass is 211 g/mol. The fourth-order valence-electron chi connectivity index (χ4n) is 0.799. The lowest BCUT2D eigenvalue weighted by Gasteiger charge is -1.99. The van der Waals surface area contributed by atoms with Gasteiger partial charge in [0.2, 0.25) is 0 Å². The number of halogens is 1. The van der Waals surface area contributed by atoms with E-state index >= 15 is 0 Å². The van der Waals surface area contributed by atoms with Gasteiger partial charge >= 0.3 is 0 Å². The Morgan fingerprint density at radius 1 is 1.71 bits per heavy atom. The molecule has 0 unspecified atom stereocenters. The third-order valence-corrected chi connectivity index (χ3v) is 1.66. The van der Waals surface area contributed by atoms with Crippen LogP contribution in [-0.4, -0.2) is 18.3 Å². The second-order valence-electron chi connectivity index (χ2n) is 2.14. The summed E-state index contributed by atoms with van der Waals surface area (Å²) >= 11 is 5.76. The summed E-state index contributed by atoms with van der Waals surface area (Å²) in [5.41, 5.74) is 9.06. The molecule has 0 aromatic carbocycles. The molecule has 72 valence electrons. The average Bonchev–Trinajstić information content (AvgIpc) is 2.18. The molecule has 0 radical (unpaired) electrons. The molecule has 0 bridgehead atoms. The van der Waals surface area contributed by atoms with Gasteiger partial charge in [-0.2, -0.15) is 0 Å². The number of nitrogens with zero attached hydrogens (tertiary/aromatic N) is 5. The van der Waals surface area contributed by atoms with Crippen molar-refractivity contribution in [3.05, 3.63) is 33.4 Å². The van der Waals surface area contributed by atoms with Crippen LogP contribution in [0.2, 0.25) is 5.15 Å². The van der Waals surface area contributed by atoms with Crippen LogP contribution in [0.4, 0.5) is 5.69 Å². The maximum absolute atomic E-state index is 8.28. The Morgan fingerprint density at radius 3 is 3.14 bits per heavy atom. The molecule has 0 spiro atoms. The van der Waals surface area contributed by atoms with Crippen molar-refractivity contribution in [1.29, 1.82) is 0 Å². The van der Waals surface area contributed by atoms with Gasteiger partial charge in [0, 0.05) is 16.7 Å². The molecule has 0 atom stereocenters. The van der Waals surface area contributed by atoms with Gasteiger partial charge in [-0.3, -0.25) is 0 Å². The van der Waals surface area contributed by atoms with Crippen LogP contribution in [-0.2, 0) is 4.84 Å². The van der Waals surface area contributed by atoms with Gasteiger partial charge in [0.1, 0.15) is 12.3 Å². The third-order valence-electron chi connectivity index (χ3n) is 1.36. The van der Waals surface area contributed by atoms with Gasteiger partial charge in [-0.25, -0.2) is 4.98 Å². The molecule has 1 aromatic heterocycles. The van der Waals surface area contributed by atoms with E-state index in [0.717, 1.165) is 0 Å². The van der Waals surface area contributed by atoms with Crippen molar-refractivity contribution in [2.75, 3.05) is 7.11 Å². The maximum Gasteiger partial charge on any atom is 0.138 e. The van der Waals surface area contributed by atoms with E-state index in [4.69, 9.17) is 17.1 Å². The quantitative estimate of drug-likeness (QED) is 0.192. The molecule has 0 aliphatic heterocycles. The predicted molar refractivity (Wildman–Crippen MR) is 52.7 cm³/mol. The summed E-state index contributed by atoms with van der Waals surface area (Å²) < 4.78 is 0. The lowest BCUT2D eigenvalue weighted by Crippen LogP contribution is -1.87. The summed E-state index contributed by atoms with van der Waals surface area (Å²) in [5, 5.41) is 7.15. The second-order valence-corrected chi connectivity index (χ2v) is 2.50. The molecule has 0 N–H and O–H groups in total. The van der Waals surface area contributed by atoms with E-state index < -0.39 is 0 Å². The van der Waals surface area contributed by atoms with Gasteiger partial charge in [0.05, 0.1) is 11.9 Å². The van der Waals surface area contributed by atoms with Crippen molar-refractivity contribution >= 4 is 23.5 Å². The van der Waals surface area contributed by atoms with Crippen LogP contribution < -0.4 is 0 Å². The first-order valence-electron chi connectivity index (χ1n) is 3.55. The Labute approximate surface area is 84.8 Å². The molecular formula is C7H6ClN5O. The number of hydrogen-bond donors (Lipinski definition) is 0.